The van der Waals surface area contributed by atoms with Crippen LogP contribution < -0.4 is 15.6 Å². The molecule has 8 unspecified atom stereocenters. The first-order chi connectivity index (χ1) is 21.4. The van der Waals surface area contributed by atoms with Crippen LogP contribution in [0.15, 0.2) is 4.79 Å². The van der Waals surface area contributed by atoms with Crippen molar-refractivity contribution < 1.29 is 22.3 Å². The maximum Gasteiger partial charge on any atom is 0.257 e. The summed E-state index contributed by atoms with van der Waals surface area (Å²) in [5, 5.41) is 3.81. The molecule has 0 radical (unpaired) electrons. The molecule has 0 spiro atoms. The Labute approximate surface area is 275 Å². The van der Waals surface area contributed by atoms with Crippen molar-refractivity contribution >= 4 is 39.3 Å². The molecular formula is C31H47ClFN5O5S2. The van der Waals surface area contributed by atoms with Crippen LogP contribution in [-0.2, 0) is 38.9 Å². The van der Waals surface area contributed by atoms with Crippen LogP contribution in [0.2, 0.25) is 0 Å². The first-order valence-electron chi connectivity index (χ1n) is 16.5. The Morgan fingerprint density at radius 3 is 2.76 bits per heavy atom. The number of fused-ring (bicyclic) bond motifs is 2. The third-order valence-electron chi connectivity index (χ3n) is 10.7. The van der Waals surface area contributed by atoms with Crippen LogP contribution in [0.25, 0.3) is 0 Å². The number of piperidine rings is 1. The number of hydrogen-bond acceptors (Lipinski definition) is 9. The van der Waals surface area contributed by atoms with E-state index in [-0.39, 0.29) is 52.3 Å². The van der Waals surface area contributed by atoms with Crippen molar-refractivity contribution in [1.82, 2.24) is 24.5 Å². The fourth-order valence-electron chi connectivity index (χ4n) is 8.64. The highest BCUT2D eigenvalue weighted by Crippen LogP contribution is 2.48. The highest BCUT2D eigenvalue weighted by Gasteiger charge is 2.52. The lowest BCUT2D eigenvalue weighted by molar-refractivity contribution is -0.123. The van der Waals surface area contributed by atoms with Crippen LogP contribution in [0.4, 0.5) is 4.39 Å². The van der Waals surface area contributed by atoms with Gasteiger partial charge in [-0.1, -0.05) is 0 Å². The quantitative estimate of drug-likeness (QED) is 0.397. The molecule has 14 heteroatoms. The summed E-state index contributed by atoms with van der Waals surface area (Å²) >= 11 is 8.49. The summed E-state index contributed by atoms with van der Waals surface area (Å²) in [6.07, 6.45) is 6.50. The molecule has 252 valence electrons. The van der Waals surface area contributed by atoms with Crippen LogP contribution >= 0.6 is 23.4 Å². The molecule has 4 fully saturated rings. The Morgan fingerprint density at radius 2 is 2.02 bits per heavy atom. The number of carbonyl (C=O) groups excluding carboxylic acids is 1. The van der Waals surface area contributed by atoms with Gasteiger partial charge in [-0.05, 0) is 77.0 Å². The van der Waals surface area contributed by atoms with E-state index in [4.69, 9.17) is 21.3 Å². The van der Waals surface area contributed by atoms with Gasteiger partial charge in [-0.15, -0.1) is 11.6 Å². The van der Waals surface area contributed by atoms with E-state index in [9.17, 15) is 22.4 Å². The van der Waals surface area contributed by atoms with Crippen LogP contribution in [0.1, 0.15) is 62.5 Å². The topological polar surface area (TPSA) is 123 Å². The summed E-state index contributed by atoms with van der Waals surface area (Å²) in [7, 11) is -3.63. The minimum Gasteiger partial charge on any atom is -0.376 e. The van der Waals surface area contributed by atoms with E-state index < -0.39 is 28.0 Å². The number of amides is 1. The summed E-state index contributed by atoms with van der Waals surface area (Å²) in [6, 6.07) is 0.237. The van der Waals surface area contributed by atoms with Gasteiger partial charge in [0, 0.05) is 53.2 Å². The summed E-state index contributed by atoms with van der Waals surface area (Å²) in [6.45, 7) is 6.01. The zero-order chi connectivity index (χ0) is 32.0. The normalized spacial score (nSPS) is 37.3. The third kappa shape index (κ3) is 7.43. The number of nitrogens with one attached hydrogen (secondary N) is 2. The standard InChI is InChI=1S/C31H47ClFN5O5S2/c1-17-12-23(29-28(34-17)25(16-44-29)30(39)36-45(3,41)42)22-13-19(32)4-7-27(22)43-11-10-38-18(2)35-26-6-5-21(14-24(26)31(38)40)37-9-8-20(33)15-37/h17,19-23,25,27-29,34H,4-16H2,1-3H3,(H,36,39)/t17?,19?,20-,21+,22?,23?,25?,27?,28?,29?/m0/s1. The van der Waals surface area contributed by atoms with Crippen molar-refractivity contribution in [3.8, 4) is 0 Å². The summed E-state index contributed by atoms with van der Waals surface area (Å²) < 4.78 is 48.0. The molecule has 1 aromatic rings. The summed E-state index contributed by atoms with van der Waals surface area (Å²) in [5.74, 6) is 0.854. The Balaban J connectivity index is 1.13. The summed E-state index contributed by atoms with van der Waals surface area (Å²) in [4.78, 5) is 33.6. The van der Waals surface area contributed by atoms with Gasteiger partial charge in [0.05, 0.1) is 37.1 Å². The molecule has 2 aliphatic carbocycles. The van der Waals surface area contributed by atoms with E-state index in [0.717, 1.165) is 62.6 Å². The van der Waals surface area contributed by atoms with Gasteiger partial charge in [-0.3, -0.25) is 23.8 Å². The molecule has 3 saturated heterocycles. The van der Waals surface area contributed by atoms with Crippen molar-refractivity contribution in [1.29, 1.82) is 0 Å². The first-order valence-corrected chi connectivity index (χ1v) is 19.9. The molecule has 45 heavy (non-hydrogen) atoms. The van der Waals surface area contributed by atoms with Gasteiger partial charge in [0.2, 0.25) is 15.9 Å². The maximum absolute atomic E-state index is 13.9. The molecule has 1 aromatic heterocycles. The lowest BCUT2D eigenvalue weighted by Gasteiger charge is -2.47. The lowest BCUT2D eigenvalue weighted by atomic mass is 9.70. The highest BCUT2D eigenvalue weighted by molar-refractivity contribution is 8.00. The highest BCUT2D eigenvalue weighted by atomic mass is 35.5. The minimum atomic E-state index is -3.63. The van der Waals surface area contributed by atoms with E-state index in [2.05, 4.69) is 21.9 Å². The molecule has 0 bridgehead atoms. The molecule has 1 amide bonds. The van der Waals surface area contributed by atoms with Crippen molar-refractivity contribution in [2.24, 2.45) is 17.8 Å². The van der Waals surface area contributed by atoms with E-state index in [0.29, 0.717) is 44.1 Å². The van der Waals surface area contributed by atoms with Gasteiger partial charge in [-0.2, -0.15) is 11.8 Å². The van der Waals surface area contributed by atoms with Crippen molar-refractivity contribution in [3.05, 3.63) is 27.4 Å². The van der Waals surface area contributed by atoms with Gasteiger partial charge >= 0.3 is 0 Å². The zero-order valence-electron chi connectivity index (χ0n) is 26.4. The van der Waals surface area contributed by atoms with Crippen LogP contribution in [0.5, 0.6) is 0 Å². The number of likely N-dealkylation sites (tertiary alicyclic amines) is 1. The van der Waals surface area contributed by atoms with Crippen LogP contribution in [-0.4, -0.2) is 102 Å². The Bertz CT molecular complexity index is 1430. The van der Waals surface area contributed by atoms with Crippen LogP contribution in [0.3, 0.4) is 0 Å². The second-order valence-electron chi connectivity index (χ2n) is 13.9. The predicted molar refractivity (Wildman–Crippen MR) is 174 cm³/mol. The number of halogens is 2. The molecule has 0 aromatic carbocycles. The number of carbonyl (C=O) groups is 1. The van der Waals surface area contributed by atoms with E-state index >= 15 is 0 Å². The molecule has 2 N–H and O–H groups in total. The van der Waals surface area contributed by atoms with Gasteiger partial charge in [-0.25, -0.2) is 17.8 Å². The SMILES string of the molecule is Cc1nc2c(c(=O)n1CCOC1CCC(Cl)CC1C1CC(C)NC3C(C(=O)NS(C)(=O)=O)CSC13)C[C@H](N1CC[C@H](F)C1)CC2. The molecule has 1 saturated carbocycles. The van der Waals surface area contributed by atoms with E-state index in [1.54, 1.807) is 16.3 Å². The molecule has 4 heterocycles. The smallest absolute Gasteiger partial charge is 0.257 e. The molecule has 10 atom stereocenters. The van der Waals surface area contributed by atoms with E-state index in [1.165, 1.54) is 0 Å². The number of sulfonamides is 1. The monoisotopic (exact) mass is 687 g/mol. The van der Waals surface area contributed by atoms with Gasteiger partial charge < -0.3 is 10.1 Å². The third-order valence-corrected chi connectivity index (χ3v) is 13.3. The second kappa shape index (κ2) is 13.7. The number of aryl methyl sites for hydroxylation is 2. The lowest BCUT2D eigenvalue weighted by Crippen LogP contribution is -2.58. The van der Waals surface area contributed by atoms with Gasteiger partial charge in [0.25, 0.3) is 5.56 Å². The number of ether oxygens (including phenoxy) is 1. The van der Waals surface area contributed by atoms with E-state index in [1.807, 2.05) is 6.92 Å². The Hall–Kier alpha value is -1.25. The number of thioether (sulfide) groups is 1. The number of hydrogen-bond donors (Lipinski definition) is 2. The maximum atomic E-state index is 13.9. The molecule has 5 aliphatic rings. The summed E-state index contributed by atoms with van der Waals surface area (Å²) in [5.41, 5.74) is 1.65. The molecular weight excluding hydrogens is 641 g/mol. The largest absolute Gasteiger partial charge is 0.376 e. The number of aromatic nitrogens is 2. The van der Waals surface area contributed by atoms with Gasteiger partial charge in [0.15, 0.2) is 0 Å². The minimum absolute atomic E-state index is 0.00130. The average Bonchev–Trinajstić information content (AvgIpc) is 3.60. The first kappa shape index (κ1) is 33.6. The number of nitrogens with zero attached hydrogens (tertiary/aromatic N) is 3. The van der Waals surface area contributed by atoms with Gasteiger partial charge in [0.1, 0.15) is 12.0 Å². The molecule has 3 aliphatic heterocycles. The fraction of sp³-hybridized carbons (Fsp3) is 0.839. The Kier molecular flexibility index (Phi) is 10.2. The zero-order valence-corrected chi connectivity index (χ0v) is 28.8. The predicted octanol–water partition coefficient (Wildman–Crippen LogP) is 2.42. The molecule has 10 nitrogen and oxygen atoms in total. The fourth-order valence-corrected chi connectivity index (χ4v) is 11.3. The Morgan fingerprint density at radius 1 is 1.22 bits per heavy atom. The molecule has 6 rings (SSSR count). The number of rotatable bonds is 8. The van der Waals surface area contributed by atoms with Crippen molar-refractivity contribution in [3.63, 3.8) is 0 Å². The second-order valence-corrected chi connectivity index (χ2v) is 17.5. The van der Waals surface area contributed by atoms with Crippen LogP contribution in [0, 0.1) is 24.7 Å². The van der Waals surface area contributed by atoms with Crippen molar-refractivity contribution in [2.75, 3.05) is 31.7 Å². The average molecular weight is 688 g/mol. The van der Waals surface area contributed by atoms with Crippen molar-refractivity contribution in [2.45, 2.75) is 113 Å². The number of alkyl halides is 2.